The van der Waals surface area contributed by atoms with Crippen LogP contribution in [0.15, 0.2) is 70.5 Å². The van der Waals surface area contributed by atoms with Crippen molar-refractivity contribution < 1.29 is 0 Å². The number of hydrogen-bond acceptors (Lipinski definition) is 5. The molecule has 0 amide bonds. The first-order valence-electron chi connectivity index (χ1n) is 7.21. The molecule has 0 spiro atoms. The Bertz CT molecular complexity index is 939. The average Bonchev–Trinajstić information content (AvgIpc) is 3.06. The van der Waals surface area contributed by atoms with Crippen molar-refractivity contribution in [3.63, 3.8) is 0 Å². The Morgan fingerprint density at radius 2 is 1.91 bits per heavy atom. The van der Waals surface area contributed by atoms with Gasteiger partial charge in [0.2, 0.25) is 0 Å². The van der Waals surface area contributed by atoms with Crippen LogP contribution in [0.3, 0.4) is 0 Å². The third kappa shape index (κ3) is 2.87. The molecule has 23 heavy (non-hydrogen) atoms. The molecule has 0 N–H and O–H groups in total. The molecular formula is C18H12N2S3. The quantitative estimate of drug-likeness (QED) is 0.579. The zero-order chi connectivity index (χ0) is 15.6. The normalized spacial score (nSPS) is 14.7. The summed E-state index contributed by atoms with van der Waals surface area (Å²) in [5.74, 6) is 0. The Balaban J connectivity index is 1.83. The van der Waals surface area contributed by atoms with Crippen molar-refractivity contribution in [2.45, 2.75) is 11.3 Å². The smallest absolute Gasteiger partial charge is 0.119 e. The Hall–Kier alpha value is -1.82. The second-order valence-corrected chi connectivity index (χ2v) is 7.48. The lowest BCUT2D eigenvalue weighted by molar-refractivity contribution is 1.18. The second kappa shape index (κ2) is 6.35. The van der Waals surface area contributed by atoms with Gasteiger partial charge in [0, 0.05) is 26.7 Å². The van der Waals surface area contributed by atoms with Crippen molar-refractivity contribution in [1.29, 1.82) is 0 Å². The van der Waals surface area contributed by atoms with Crippen LogP contribution in [-0.4, -0.2) is 14.5 Å². The molecule has 2 aromatic carbocycles. The number of hydrogen-bond donors (Lipinski definition) is 0. The minimum absolute atomic E-state index is 0.825. The first-order chi connectivity index (χ1) is 11.3. The summed E-state index contributed by atoms with van der Waals surface area (Å²) in [6, 6.07) is 16.6. The highest BCUT2D eigenvalue weighted by Gasteiger charge is 2.17. The first-order valence-corrected chi connectivity index (χ1v) is 9.21. The predicted octanol–water partition coefficient (Wildman–Crippen LogP) is 5.52. The number of thioether (sulfide) groups is 1. The number of benzene rings is 2. The van der Waals surface area contributed by atoms with Gasteiger partial charge < -0.3 is 0 Å². The number of thiocarbonyl (C=S) groups is 1. The minimum atomic E-state index is 0.825. The zero-order valence-electron chi connectivity index (χ0n) is 12.1. The van der Waals surface area contributed by atoms with Crippen molar-refractivity contribution in [3.8, 4) is 0 Å². The van der Waals surface area contributed by atoms with Crippen LogP contribution in [0.25, 0.3) is 15.8 Å². The third-order valence-electron chi connectivity index (χ3n) is 3.62. The molecule has 0 unspecified atom stereocenters. The number of fused-ring (bicyclic) bond motifs is 1. The van der Waals surface area contributed by atoms with Crippen molar-refractivity contribution in [2.75, 3.05) is 0 Å². The highest BCUT2D eigenvalue weighted by molar-refractivity contribution is 8.03. The molecule has 0 saturated heterocycles. The summed E-state index contributed by atoms with van der Waals surface area (Å²) < 4.78 is 5.18. The van der Waals surface area contributed by atoms with Gasteiger partial charge in [0.15, 0.2) is 0 Å². The van der Waals surface area contributed by atoms with E-state index in [0.29, 0.717) is 0 Å². The van der Waals surface area contributed by atoms with E-state index in [2.05, 4.69) is 64.2 Å². The maximum absolute atomic E-state index is 5.63. The molecule has 4 rings (SSSR count). The summed E-state index contributed by atoms with van der Waals surface area (Å²) in [5.41, 5.74) is 3.30. The van der Waals surface area contributed by atoms with Gasteiger partial charge >= 0.3 is 0 Å². The van der Waals surface area contributed by atoms with Crippen LogP contribution in [0, 0.1) is 0 Å². The highest BCUT2D eigenvalue weighted by Crippen LogP contribution is 2.40. The Kier molecular flexibility index (Phi) is 4.08. The van der Waals surface area contributed by atoms with E-state index in [1.165, 1.54) is 22.0 Å². The summed E-state index contributed by atoms with van der Waals surface area (Å²) in [6.45, 7) is 0. The summed E-state index contributed by atoms with van der Waals surface area (Å²) >= 11 is 8.78. The number of rotatable bonds is 3. The summed E-state index contributed by atoms with van der Waals surface area (Å²) in [4.78, 5) is 3.28. The van der Waals surface area contributed by atoms with E-state index in [9.17, 15) is 0 Å². The maximum atomic E-state index is 5.63. The lowest BCUT2D eigenvalue weighted by atomic mass is 9.97. The molecule has 0 bridgehead atoms. The van der Waals surface area contributed by atoms with Gasteiger partial charge in [-0.2, -0.15) is 0 Å². The van der Waals surface area contributed by atoms with E-state index in [0.717, 1.165) is 32.0 Å². The summed E-state index contributed by atoms with van der Waals surface area (Å²) in [7, 11) is 0. The fourth-order valence-electron chi connectivity index (χ4n) is 2.57. The van der Waals surface area contributed by atoms with Crippen LogP contribution in [0.4, 0.5) is 0 Å². The van der Waals surface area contributed by atoms with Crippen LogP contribution in [-0.2, 0) is 0 Å². The molecule has 0 atom stereocenters. The van der Waals surface area contributed by atoms with Gasteiger partial charge in [0.25, 0.3) is 0 Å². The third-order valence-corrected chi connectivity index (χ3v) is 5.79. The second-order valence-electron chi connectivity index (χ2n) is 5.11. The van der Waals surface area contributed by atoms with E-state index < -0.39 is 0 Å². The SMILES string of the molecule is S=C1CC=CC(Sc2cccc3snnc23)=C1c1ccccc1. The molecule has 5 heteroatoms. The van der Waals surface area contributed by atoms with E-state index in [1.807, 2.05) is 6.07 Å². The van der Waals surface area contributed by atoms with E-state index in [-0.39, 0.29) is 0 Å². The number of allylic oxidation sites excluding steroid dienone is 3. The van der Waals surface area contributed by atoms with E-state index in [1.54, 1.807) is 11.8 Å². The van der Waals surface area contributed by atoms with Gasteiger partial charge in [0.05, 0.1) is 4.70 Å². The van der Waals surface area contributed by atoms with Crippen LogP contribution >= 0.6 is 35.5 Å². The van der Waals surface area contributed by atoms with Gasteiger partial charge in [-0.3, -0.25) is 0 Å². The fraction of sp³-hybridized carbons (Fsp3) is 0.0556. The molecule has 1 aliphatic rings. The lowest BCUT2D eigenvalue weighted by Crippen LogP contribution is -2.04. The first kappa shape index (κ1) is 14.8. The molecule has 0 aliphatic heterocycles. The van der Waals surface area contributed by atoms with Crippen molar-refractivity contribution in [1.82, 2.24) is 9.59 Å². The van der Waals surface area contributed by atoms with Gasteiger partial charge in [-0.15, -0.1) is 5.10 Å². The lowest BCUT2D eigenvalue weighted by Gasteiger charge is -2.17. The molecule has 3 aromatic rings. The Morgan fingerprint density at radius 3 is 2.78 bits per heavy atom. The fourth-order valence-corrected chi connectivity index (χ4v) is 4.75. The van der Waals surface area contributed by atoms with Crippen LogP contribution in [0.2, 0.25) is 0 Å². The minimum Gasteiger partial charge on any atom is -0.137 e. The highest BCUT2D eigenvalue weighted by atomic mass is 32.2. The standard InChI is InChI=1S/C18H12N2S3/c21-13-8-4-9-14(17(13)12-6-2-1-3-7-12)22-15-10-5-11-16-18(15)19-20-23-16/h1-7,9-11H,8H2. The Morgan fingerprint density at radius 1 is 1.04 bits per heavy atom. The molecule has 1 aromatic heterocycles. The molecule has 0 saturated carbocycles. The van der Waals surface area contributed by atoms with Crippen LogP contribution < -0.4 is 0 Å². The molecule has 1 aliphatic carbocycles. The molecular weight excluding hydrogens is 340 g/mol. The number of aromatic nitrogens is 2. The summed E-state index contributed by atoms with van der Waals surface area (Å²) in [5, 5.41) is 4.27. The predicted molar refractivity (Wildman–Crippen MR) is 103 cm³/mol. The van der Waals surface area contributed by atoms with Gasteiger partial charge in [0.1, 0.15) is 5.52 Å². The van der Waals surface area contributed by atoms with Crippen molar-refractivity contribution in [2.24, 2.45) is 0 Å². The van der Waals surface area contributed by atoms with Crippen LogP contribution in [0.5, 0.6) is 0 Å². The topological polar surface area (TPSA) is 25.8 Å². The van der Waals surface area contributed by atoms with Gasteiger partial charge in [-0.05, 0) is 29.2 Å². The van der Waals surface area contributed by atoms with E-state index in [4.69, 9.17) is 12.2 Å². The van der Waals surface area contributed by atoms with Crippen LogP contribution in [0.1, 0.15) is 12.0 Å². The largest absolute Gasteiger partial charge is 0.137 e. The van der Waals surface area contributed by atoms with Gasteiger partial charge in [-0.25, -0.2) is 0 Å². The summed E-state index contributed by atoms with van der Waals surface area (Å²) in [6.07, 6.45) is 5.13. The van der Waals surface area contributed by atoms with Crippen molar-refractivity contribution in [3.05, 3.63) is 71.2 Å². The molecule has 2 nitrogen and oxygen atoms in total. The van der Waals surface area contributed by atoms with Crippen molar-refractivity contribution >= 4 is 56.2 Å². The molecule has 1 heterocycles. The Labute approximate surface area is 148 Å². The number of nitrogens with zero attached hydrogens (tertiary/aromatic N) is 2. The van der Waals surface area contributed by atoms with Gasteiger partial charge in [-0.1, -0.05) is 77.0 Å². The molecule has 0 radical (unpaired) electrons. The average molecular weight is 353 g/mol. The maximum Gasteiger partial charge on any atom is 0.119 e. The zero-order valence-corrected chi connectivity index (χ0v) is 14.5. The molecule has 0 fully saturated rings. The molecule has 112 valence electrons. The monoisotopic (exact) mass is 352 g/mol. The van der Waals surface area contributed by atoms with E-state index >= 15 is 0 Å².